The molecule has 0 aliphatic carbocycles. The van der Waals surface area contributed by atoms with E-state index in [0.717, 1.165) is 6.42 Å². The summed E-state index contributed by atoms with van der Waals surface area (Å²) in [6.45, 7) is 3.79. The van der Waals surface area contributed by atoms with Crippen LogP contribution in [0.3, 0.4) is 0 Å². The van der Waals surface area contributed by atoms with E-state index in [2.05, 4.69) is 0 Å². The topological polar surface area (TPSA) is 29.5 Å². The highest BCUT2D eigenvalue weighted by molar-refractivity contribution is 4.59. The molecule has 0 rings (SSSR count). The van der Waals surface area contributed by atoms with Crippen LogP contribution in [0.15, 0.2) is 0 Å². The van der Waals surface area contributed by atoms with Crippen LogP contribution in [0.2, 0.25) is 0 Å². The molecule has 50 valence electrons. The molecule has 0 saturated heterocycles. The van der Waals surface area contributed by atoms with Crippen molar-refractivity contribution in [2.75, 3.05) is 7.11 Å². The van der Waals surface area contributed by atoms with Gasteiger partial charge in [0.1, 0.15) is 0 Å². The molecule has 2 unspecified atom stereocenters. The van der Waals surface area contributed by atoms with Gasteiger partial charge in [0.2, 0.25) is 0 Å². The molecule has 0 aromatic heterocycles. The van der Waals surface area contributed by atoms with Crippen molar-refractivity contribution in [2.24, 2.45) is 0 Å². The number of aliphatic hydroxyl groups is 1. The summed E-state index contributed by atoms with van der Waals surface area (Å²) in [6, 6.07) is 0. The molecule has 2 heteroatoms. The van der Waals surface area contributed by atoms with Crippen molar-refractivity contribution in [2.45, 2.75) is 32.5 Å². The average molecular weight is 118 g/mol. The molecule has 2 nitrogen and oxygen atoms in total. The molecule has 0 bridgehead atoms. The Labute approximate surface area is 50.5 Å². The van der Waals surface area contributed by atoms with Gasteiger partial charge in [-0.05, 0) is 13.3 Å². The van der Waals surface area contributed by atoms with Crippen LogP contribution in [0.4, 0.5) is 0 Å². The predicted octanol–water partition coefficient (Wildman–Crippen LogP) is 0.792. The molecule has 0 amide bonds. The third kappa shape index (κ3) is 2.28. The molecule has 0 aromatic rings. The van der Waals surface area contributed by atoms with Crippen LogP contribution in [0, 0.1) is 0 Å². The third-order valence-corrected chi connectivity index (χ3v) is 1.33. The summed E-state index contributed by atoms with van der Waals surface area (Å²) < 4.78 is 4.85. The Kier molecular flexibility index (Phi) is 3.83. The molecule has 0 saturated carbocycles. The summed E-state index contributed by atoms with van der Waals surface area (Å²) in [5.41, 5.74) is 0. The second-order valence-corrected chi connectivity index (χ2v) is 1.92. The van der Waals surface area contributed by atoms with Gasteiger partial charge in [-0.2, -0.15) is 0 Å². The molecule has 0 spiro atoms. The normalized spacial score (nSPS) is 18.0. The Morgan fingerprint density at radius 1 is 1.62 bits per heavy atom. The largest absolute Gasteiger partial charge is 0.390 e. The maximum Gasteiger partial charge on any atom is 0.0801 e. The van der Waals surface area contributed by atoms with E-state index in [0.29, 0.717) is 0 Å². The second kappa shape index (κ2) is 3.87. The highest BCUT2D eigenvalue weighted by atomic mass is 16.5. The van der Waals surface area contributed by atoms with E-state index in [-0.39, 0.29) is 12.2 Å². The third-order valence-electron chi connectivity index (χ3n) is 1.33. The van der Waals surface area contributed by atoms with Crippen molar-refractivity contribution in [1.82, 2.24) is 0 Å². The summed E-state index contributed by atoms with van der Waals surface area (Å²) >= 11 is 0. The molecule has 0 aliphatic rings. The molecule has 8 heavy (non-hydrogen) atoms. The van der Waals surface area contributed by atoms with Gasteiger partial charge >= 0.3 is 0 Å². The Hall–Kier alpha value is -0.0800. The molecular formula is C6H14O2. The number of hydrogen-bond donors (Lipinski definition) is 1. The molecule has 0 radical (unpaired) electrons. The minimum absolute atomic E-state index is 0.0278. The Morgan fingerprint density at radius 2 is 2.12 bits per heavy atom. The minimum atomic E-state index is -0.306. The molecule has 0 aliphatic heterocycles. The number of rotatable bonds is 3. The zero-order chi connectivity index (χ0) is 6.57. The summed E-state index contributed by atoms with van der Waals surface area (Å²) in [4.78, 5) is 0. The fraction of sp³-hybridized carbons (Fsp3) is 1.00. The number of methoxy groups -OCH3 is 1. The molecule has 0 heterocycles. The van der Waals surface area contributed by atoms with E-state index in [1.54, 1.807) is 7.11 Å². The summed E-state index contributed by atoms with van der Waals surface area (Å²) in [6.07, 6.45) is 0.426. The maximum atomic E-state index is 9.00. The summed E-state index contributed by atoms with van der Waals surface area (Å²) in [5, 5.41) is 9.00. The van der Waals surface area contributed by atoms with Crippen LogP contribution in [-0.4, -0.2) is 24.4 Å². The van der Waals surface area contributed by atoms with Crippen molar-refractivity contribution in [3.05, 3.63) is 0 Å². The molecule has 0 fully saturated rings. The molecule has 1 N–H and O–H groups in total. The monoisotopic (exact) mass is 118 g/mol. The van der Waals surface area contributed by atoms with E-state index >= 15 is 0 Å². The van der Waals surface area contributed by atoms with Crippen LogP contribution in [0.25, 0.3) is 0 Å². The van der Waals surface area contributed by atoms with Crippen molar-refractivity contribution in [3.63, 3.8) is 0 Å². The lowest BCUT2D eigenvalue weighted by molar-refractivity contribution is -0.00166. The number of hydrogen-bond acceptors (Lipinski definition) is 2. The first kappa shape index (κ1) is 7.92. The summed E-state index contributed by atoms with van der Waals surface area (Å²) in [7, 11) is 1.60. The van der Waals surface area contributed by atoms with E-state index in [9.17, 15) is 0 Å². The van der Waals surface area contributed by atoms with Gasteiger partial charge < -0.3 is 9.84 Å². The van der Waals surface area contributed by atoms with Crippen molar-refractivity contribution in [3.8, 4) is 0 Å². The van der Waals surface area contributed by atoms with Crippen LogP contribution < -0.4 is 0 Å². The van der Waals surface area contributed by atoms with E-state index in [1.165, 1.54) is 0 Å². The van der Waals surface area contributed by atoms with Gasteiger partial charge in [0, 0.05) is 7.11 Å². The predicted molar refractivity (Wildman–Crippen MR) is 32.8 cm³/mol. The molecule has 0 aromatic carbocycles. The van der Waals surface area contributed by atoms with Crippen LogP contribution in [0.1, 0.15) is 20.3 Å². The Bertz CT molecular complexity index is 46.5. The van der Waals surface area contributed by atoms with Gasteiger partial charge in [0.05, 0.1) is 12.2 Å². The zero-order valence-corrected chi connectivity index (χ0v) is 5.72. The summed E-state index contributed by atoms with van der Waals surface area (Å²) in [5.74, 6) is 0. The second-order valence-electron chi connectivity index (χ2n) is 1.92. The molecule has 2 atom stereocenters. The average Bonchev–Trinajstić information content (AvgIpc) is 1.84. The Morgan fingerprint density at radius 3 is 2.25 bits per heavy atom. The van der Waals surface area contributed by atoms with Gasteiger partial charge in [0.25, 0.3) is 0 Å². The number of aliphatic hydroxyl groups excluding tert-OH is 1. The first-order valence-electron chi connectivity index (χ1n) is 2.93. The fourth-order valence-electron chi connectivity index (χ4n) is 0.489. The lowest BCUT2D eigenvalue weighted by Crippen LogP contribution is -2.23. The van der Waals surface area contributed by atoms with Crippen molar-refractivity contribution >= 4 is 0 Å². The first-order valence-corrected chi connectivity index (χ1v) is 2.93. The maximum absolute atomic E-state index is 9.00. The number of ether oxygens (including phenoxy) is 1. The SMILES string of the molecule is CCC(O)C(C)OC. The molecular weight excluding hydrogens is 104 g/mol. The minimum Gasteiger partial charge on any atom is -0.390 e. The fourth-order valence-corrected chi connectivity index (χ4v) is 0.489. The first-order chi connectivity index (χ1) is 3.72. The van der Waals surface area contributed by atoms with Crippen molar-refractivity contribution in [1.29, 1.82) is 0 Å². The highest BCUT2D eigenvalue weighted by Crippen LogP contribution is 1.99. The van der Waals surface area contributed by atoms with Crippen LogP contribution >= 0.6 is 0 Å². The van der Waals surface area contributed by atoms with Gasteiger partial charge in [0.15, 0.2) is 0 Å². The van der Waals surface area contributed by atoms with Crippen LogP contribution in [0.5, 0.6) is 0 Å². The quantitative estimate of drug-likeness (QED) is 0.593. The van der Waals surface area contributed by atoms with Gasteiger partial charge in [-0.3, -0.25) is 0 Å². The smallest absolute Gasteiger partial charge is 0.0801 e. The zero-order valence-electron chi connectivity index (χ0n) is 5.72. The van der Waals surface area contributed by atoms with Gasteiger partial charge in [-0.15, -0.1) is 0 Å². The van der Waals surface area contributed by atoms with Gasteiger partial charge in [-0.25, -0.2) is 0 Å². The lowest BCUT2D eigenvalue weighted by atomic mass is 10.2. The highest BCUT2D eigenvalue weighted by Gasteiger charge is 2.08. The van der Waals surface area contributed by atoms with E-state index < -0.39 is 0 Å². The van der Waals surface area contributed by atoms with Crippen LogP contribution in [-0.2, 0) is 4.74 Å². The standard InChI is InChI=1S/C6H14O2/c1-4-6(7)5(2)8-3/h5-7H,4H2,1-3H3. The van der Waals surface area contributed by atoms with E-state index in [4.69, 9.17) is 9.84 Å². The van der Waals surface area contributed by atoms with Crippen molar-refractivity contribution < 1.29 is 9.84 Å². The Balaban J connectivity index is 3.29. The lowest BCUT2D eigenvalue weighted by Gasteiger charge is -2.14. The van der Waals surface area contributed by atoms with Gasteiger partial charge in [-0.1, -0.05) is 6.92 Å². The van der Waals surface area contributed by atoms with E-state index in [1.807, 2.05) is 13.8 Å².